The predicted molar refractivity (Wildman–Crippen MR) is 73.5 cm³/mol. The molecule has 1 aromatic rings. The minimum absolute atomic E-state index is 0.0117. The molecule has 1 heterocycles. The molecule has 1 aliphatic heterocycles. The smallest absolute Gasteiger partial charge is 0.247 e. The Morgan fingerprint density at radius 3 is 2.75 bits per heavy atom. The maximum Gasteiger partial charge on any atom is 0.247 e. The van der Waals surface area contributed by atoms with E-state index < -0.39 is 22.0 Å². The van der Waals surface area contributed by atoms with Crippen LogP contribution in [-0.2, 0) is 14.8 Å². The van der Waals surface area contributed by atoms with Crippen LogP contribution in [0, 0.1) is 0 Å². The van der Waals surface area contributed by atoms with Crippen molar-refractivity contribution in [3.8, 4) is 5.75 Å². The molecule has 1 unspecified atom stereocenters. The first kappa shape index (κ1) is 14.6. The highest BCUT2D eigenvalue weighted by Gasteiger charge is 2.39. The van der Waals surface area contributed by atoms with Crippen molar-refractivity contribution in [2.45, 2.75) is 23.8 Å². The van der Waals surface area contributed by atoms with E-state index in [-0.39, 0.29) is 17.2 Å². The standard InChI is InChI=1S/C12H17N3O4S/c1-19-10-7-8(13)4-5-11(10)20(17,18)15-6-2-3-9(15)12(14)16/h4-5,7,9H,2-3,6,13H2,1H3,(H2,14,16). The van der Waals surface area contributed by atoms with Crippen LogP contribution in [0.2, 0.25) is 0 Å². The van der Waals surface area contributed by atoms with Crippen molar-refractivity contribution in [1.29, 1.82) is 0 Å². The van der Waals surface area contributed by atoms with Crippen molar-refractivity contribution in [1.82, 2.24) is 4.31 Å². The van der Waals surface area contributed by atoms with Crippen molar-refractivity contribution in [2.24, 2.45) is 5.73 Å². The topological polar surface area (TPSA) is 116 Å². The number of rotatable bonds is 4. The fourth-order valence-corrected chi connectivity index (χ4v) is 4.14. The number of nitrogens with two attached hydrogens (primary N) is 2. The molecule has 20 heavy (non-hydrogen) atoms. The van der Waals surface area contributed by atoms with E-state index in [1.807, 2.05) is 0 Å². The second-order valence-electron chi connectivity index (χ2n) is 4.59. The third kappa shape index (κ3) is 2.44. The molecule has 0 spiro atoms. The fraction of sp³-hybridized carbons (Fsp3) is 0.417. The Morgan fingerprint density at radius 1 is 1.45 bits per heavy atom. The summed E-state index contributed by atoms with van der Waals surface area (Å²) in [7, 11) is -2.48. The molecule has 2 rings (SSSR count). The van der Waals surface area contributed by atoms with Crippen LogP contribution in [0.1, 0.15) is 12.8 Å². The predicted octanol–water partition coefficient (Wildman–Crippen LogP) is -0.0842. The maximum atomic E-state index is 12.6. The molecule has 110 valence electrons. The van der Waals surface area contributed by atoms with Gasteiger partial charge in [-0.15, -0.1) is 0 Å². The van der Waals surface area contributed by atoms with Crippen molar-refractivity contribution >= 4 is 21.6 Å². The first-order valence-electron chi connectivity index (χ1n) is 6.12. The lowest BCUT2D eigenvalue weighted by Crippen LogP contribution is -2.43. The van der Waals surface area contributed by atoms with Crippen LogP contribution >= 0.6 is 0 Å². The molecular formula is C12H17N3O4S. The number of benzene rings is 1. The van der Waals surface area contributed by atoms with Gasteiger partial charge in [-0.3, -0.25) is 4.79 Å². The van der Waals surface area contributed by atoms with Gasteiger partial charge in [0.25, 0.3) is 0 Å². The number of amides is 1. The molecule has 0 aromatic heterocycles. The van der Waals surface area contributed by atoms with Gasteiger partial charge in [0, 0.05) is 18.3 Å². The van der Waals surface area contributed by atoms with E-state index in [1.165, 1.54) is 25.3 Å². The maximum absolute atomic E-state index is 12.6. The van der Waals surface area contributed by atoms with Crippen LogP contribution in [0.15, 0.2) is 23.1 Å². The van der Waals surface area contributed by atoms with Gasteiger partial charge in [-0.05, 0) is 25.0 Å². The molecule has 0 radical (unpaired) electrons. The van der Waals surface area contributed by atoms with E-state index in [1.54, 1.807) is 0 Å². The van der Waals surface area contributed by atoms with Gasteiger partial charge in [-0.2, -0.15) is 4.31 Å². The molecular weight excluding hydrogens is 282 g/mol. The van der Waals surface area contributed by atoms with E-state index in [4.69, 9.17) is 16.2 Å². The average Bonchev–Trinajstić information content (AvgIpc) is 2.88. The fourth-order valence-electron chi connectivity index (χ4n) is 2.34. The molecule has 7 nitrogen and oxygen atoms in total. The van der Waals surface area contributed by atoms with Crippen LogP contribution < -0.4 is 16.2 Å². The van der Waals surface area contributed by atoms with E-state index in [0.29, 0.717) is 18.5 Å². The molecule has 0 bridgehead atoms. The Hall–Kier alpha value is -1.80. The van der Waals surface area contributed by atoms with E-state index in [2.05, 4.69) is 0 Å². The van der Waals surface area contributed by atoms with Crippen LogP contribution in [0.4, 0.5) is 5.69 Å². The van der Waals surface area contributed by atoms with Crippen LogP contribution in [-0.4, -0.2) is 38.3 Å². The number of nitrogens with zero attached hydrogens (tertiary/aromatic N) is 1. The van der Waals surface area contributed by atoms with Crippen LogP contribution in [0.5, 0.6) is 5.75 Å². The number of carbonyl (C=O) groups is 1. The van der Waals surface area contributed by atoms with E-state index in [0.717, 1.165) is 4.31 Å². The van der Waals surface area contributed by atoms with Gasteiger partial charge in [-0.1, -0.05) is 0 Å². The summed E-state index contributed by atoms with van der Waals surface area (Å²) in [6, 6.07) is 3.48. The Morgan fingerprint density at radius 2 is 2.15 bits per heavy atom. The first-order chi connectivity index (χ1) is 9.37. The zero-order valence-electron chi connectivity index (χ0n) is 11.1. The molecule has 1 saturated heterocycles. The minimum atomic E-state index is -3.84. The van der Waals surface area contributed by atoms with Crippen molar-refractivity contribution in [2.75, 3.05) is 19.4 Å². The van der Waals surface area contributed by atoms with Crippen LogP contribution in [0.25, 0.3) is 0 Å². The molecule has 8 heteroatoms. The van der Waals surface area contributed by atoms with Gasteiger partial charge < -0.3 is 16.2 Å². The number of sulfonamides is 1. The summed E-state index contributed by atoms with van der Waals surface area (Å²) in [6.07, 6.45) is 1.04. The highest BCUT2D eigenvalue weighted by Crippen LogP contribution is 2.32. The highest BCUT2D eigenvalue weighted by atomic mass is 32.2. The number of carbonyl (C=O) groups excluding carboxylic acids is 1. The summed E-state index contributed by atoms with van der Waals surface area (Å²) in [4.78, 5) is 11.4. The zero-order valence-corrected chi connectivity index (χ0v) is 11.9. The molecule has 1 aromatic carbocycles. The molecule has 1 atom stereocenters. The number of methoxy groups -OCH3 is 1. The molecule has 1 aliphatic rings. The Kier molecular flexibility index (Phi) is 3.87. The Bertz CT molecular complexity index is 630. The number of anilines is 1. The quantitative estimate of drug-likeness (QED) is 0.754. The summed E-state index contributed by atoms with van der Waals surface area (Å²) in [5.41, 5.74) is 11.3. The van der Waals surface area contributed by atoms with Gasteiger partial charge in [0.15, 0.2) is 0 Å². The van der Waals surface area contributed by atoms with Crippen LogP contribution in [0.3, 0.4) is 0 Å². The second kappa shape index (κ2) is 5.29. The summed E-state index contributed by atoms with van der Waals surface area (Å²) in [6.45, 7) is 0.267. The lowest BCUT2D eigenvalue weighted by Gasteiger charge is -2.22. The molecule has 0 aliphatic carbocycles. The monoisotopic (exact) mass is 299 g/mol. The lowest BCUT2D eigenvalue weighted by molar-refractivity contribution is -0.121. The Labute approximate surface area is 117 Å². The molecule has 0 saturated carbocycles. The van der Waals surface area contributed by atoms with Gasteiger partial charge in [0.1, 0.15) is 16.7 Å². The second-order valence-corrected chi connectivity index (χ2v) is 6.45. The third-order valence-electron chi connectivity index (χ3n) is 3.31. The van der Waals surface area contributed by atoms with Gasteiger partial charge in [-0.25, -0.2) is 8.42 Å². The first-order valence-corrected chi connectivity index (χ1v) is 7.56. The highest BCUT2D eigenvalue weighted by molar-refractivity contribution is 7.89. The van der Waals surface area contributed by atoms with E-state index in [9.17, 15) is 13.2 Å². The molecule has 1 fully saturated rings. The summed E-state index contributed by atoms with van der Waals surface area (Å²) >= 11 is 0. The normalized spacial score (nSPS) is 19.9. The van der Waals surface area contributed by atoms with Crippen molar-refractivity contribution in [3.63, 3.8) is 0 Å². The largest absolute Gasteiger partial charge is 0.495 e. The van der Waals surface area contributed by atoms with Crippen molar-refractivity contribution in [3.05, 3.63) is 18.2 Å². The number of ether oxygens (including phenoxy) is 1. The minimum Gasteiger partial charge on any atom is -0.495 e. The van der Waals surface area contributed by atoms with Gasteiger partial charge in [0.2, 0.25) is 15.9 Å². The third-order valence-corrected chi connectivity index (χ3v) is 5.25. The summed E-state index contributed by atoms with van der Waals surface area (Å²) in [5.74, 6) is -0.486. The molecule has 4 N–H and O–H groups in total. The number of primary amides is 1. The lowest BCUT2D eigenvalue weighted by atomic mass is 10.2. The summed E-state index contributed by atoms with van der Waals surface area (Å²) in [5, 5.41) is 0. The van der Waals surface area contributed by atoms with Crippen molar-refractivity contribution < 1.29 is 17.9 Å². The summed E-state index contributed by atoms with van der Waals surface area (Å²) < 4.78 is 31.5. The number of nitrogen functional groups attached to an aromatic ring is 1. The average molecular weight is 299 g/mol. The number of hydrogen-bond acceptors (Lipinski definition) is 5. The van der Waals surface area contributed by atoms with Gasteiger partial charge in [0.05, 0.1) is 7.11 Å². The number of hydrogen-bond donors (Lipinski definition) is 2. The zero-order chi connectivity index (χ0) is 14.9. The van der Waals surface area contributed by atoms with E-state index >= 15 is 0 Å². The molecule has 1 amide bonds. The Balaban J connectivity index is 2.47. The SMILES string of the molecule is COc1cc(N)ccc1S(=O)(=O)N1CCCC1C(N)=O. The van der Waals surface area contributed by atoms with Gasteiger partial charge >= 0.3 is 0 Å².